The Hall–Kier alpha value is -1.78. The highest BCUT2D eigenvalue weighted by atomic mass is 35.5. The van der Waals surface area contributed by atoms with E-state index in [-0.39, 0.29) is 0 Å². The second-order valence-electron chi connectivity index (χ2n) is 4.96. The molecule has 0 saturated heterocycles. The molecule has 0 spiro atoms. The van der Waals surface area contributed by atoms with Crippen LogP contribution in [-0.4, -0.2) is 14.3 Å². The molecule has 104 valence electrons. The molecule has 4 nitrogen and oxygen atoms in total. The highest BCUT2D eigenvalue weighted by Crippen LogP contribution is 2.25. The Balaban J connectivity index is 2.14. The highest BCUT2D eigenvalue weighted by Gasteiger charge is 2.14. The molecule has 1 aromatic carbocycles. The molecule has 0 aliphatic carbocycles. The number of hydrogen-bond acceptors (Lipinski definition) is 2. The van der Waals surface area contributed by atoms with Gasteiger partial charge < -0.3 is 10.3 Å². The van der Waals surface area contributed by atoms with Gasteiger partial charge in [-0.2, -0.15) is 5.10 Å². The van der Waals surface area contributed by atoms with Crippen molar-refractivity contribution >= 4 is 22.5 Å². The van der Waals surface area contributed by atoms with Crippen molar-refractivity contribution < 1.29 is 0 Å². The largest absolute Gasteiger partial charge is 0.339 e. The number of hydrogen-bond donors (Lipinski definition) is 1. The zero-order valence-corrected chi connectivity index (χ0v) is 12.4. The Bertz CT molecular complexity index is 770. The summed E-state index contributed by atoms with van der Waals surface area (Å²) in [6.07, 6.45) is 0. The number of nitrogens with zero attached hydrogens (tertiary/aromatic N) is 3. The quantitative estimate of drug-likeness (QED) is 0.806. The van der Waals surface area contributed by atoms with Gasteiger partial charge in [0.2, 0.25) is 0 Å². The van der Waals surface area contributed by atoms with Crippen LogP contribution >= 0.6 is 11.6 Å². The van der Waals surface area contributed by atoms with Crippen LogP contribution in [0, 0.1) is 6.92 Å². The average molecular weight is 289 g/mol. The van der Waals surface area contributed by atoms with Crippen molar-refractivity contribution in [1.29, 1.82) is 0 Å². The molecule has 20 heavy (non-hydrogen) atoms. The average Bonchev–Trinajstić information content (AvgIpc) is 2.92. The fraction of sp³-hybridized carbons (Fsp3) is 0.267. The number of nitrogens with two attached hydrogens (primary N) is 1. The van der Waals surface area contributed by atoms with Gasteiger partial charge in [-0.1, -0.05) is 29.8 Å². The molecular formula is C15H17ClN4. The zero-order valence-electron chi connectivity index (χ0n) is 11.6. The molecule has 0 aliphatic heterocycles. The Labute approximate surface area is 122 Å². The molecule has 0 unspecified atom stereocenters. The summed E-state index contributed by atoms with van der Waals surface area (Å²) in [5.74, 6) is 0. The van der Waals surface area contributed by atoms with Crippen molar-refractivity contribution in [1.82, 2.24) is 14.3 Å². The Morgan fingerprint density at radius 3 is 2.70 bits per heavy atom. The van der Waals surface area contributed by atoms with E-state index in [1.165, 1.54) is 10.9 Å². The van der Waals surface area contributed by atoms with Crippen LogP contribution in [0.15, 0.2) is 30.3 Å². The highest BCUT2D eigenvalue weighted by molar-refractivity contribution is 6.30. The molecule has 0 bridgehead atoms. The molecule has 0 atom stereocenters. The van der Waals surface area contributed by atoms with Gasteiger partial charge in [0.15, 0.2) is 0 Å². The first-order chi connectivity index (χ1) is 9.61. The van der Waals surface area contributed by atoms with Crippen LogP contribution in [0.4, 0.5) is 0 Å². The van der Waals surface area contributed by atoms with Crippen LogP contribution in [-0.2, 0) is 20.1 Å². The summed E-state index contributed by atoms with van der Waals surface area (Å²) in [6, 6.07) is 10.4. The van der Waals surface area contributed by atoms with Gasteiger partial charge in [0.05, 0.1) is 12.2 Å². The predicted molar refractivity (Wildman–Crippen MR) is 81.9 cm³/mol. The SMILES string of the molecule is Cc1nn(C)c(Cl)c1Cn1c(CN)cc2ccccc21. The maximum Gasteiger partial charge on any atom is 0.131 e. The third-order valence-corrected chi connectivity index (χ3v) is 4.16. The number of benzene rings is 1. The van der Waals surface area contributed by atoms with Crippen LogP contribution < -0.4 is 5.73 Å². The van der Waals surface area contributed by atoms with Crippen molar-refractivity contribution in [3.63, 3.8) is 0 Å². The first-order valence-corrected chi connectivity index (χ1v) is 6.94. The molecule has 0 amide bonds. The van der Waals surface area contributed by atoms with Crippen LogP contribution in [0.5, 0.6) is 0 Å². The Morgan fingerprint density at radius 2 is 2.05 bits per heavy atom. The van der Waals surface area contributed by atoms with Gasteiger partial charge in [0.25, 0.3) is 0 Å². The maximum atomic E-state index is 6.33. The Kier molecular flexibility index (Phi) is 3.28. The minimum atomic E-state index is 0.506. The summed E-state index contributed by atoms with van der Waals surface area (Å²) in [6.45, 7) is 3.18. The second-order valence-corrected chi connectivity index (χ2v) is 5.32. The molecule has 2 N–H and O–H groups in total. The van der Waals surface area contributed by atoms with Crippen LogP contribution in [0.1, 0.15) is 17.0 Å². The zero-order chi connectivity index (χ0) is 14.3. The summed E-state index contributed by atoms with van der Waals surface area (Å²) >= 11 is 6.33. The van der Waals surface area contributed by atoms with Crippen LogP contribution in [0.2, 0.25) is 5.15 Å². The van der Waals surface area contributed by atoms with Gasteiger partial charge in [-0.25, -0.2) is 0 Å². The molecule has 0 saturated carbocycles. The standard InChI is InChI=1S/C15H17ClN4/c1-10-13(15(16)19(2)18-10)9-20-12(8-17)7-11-5-3-4-6-14(11)20/h3-7H,8-9,17H2,1-2H3. The molecule has 2 heterocycles. The fourth-order valence-corrected chi connectivity index (χ4v) is 2.87. The molecule has 0 radical (unpaired) electrons. The van der Waals surface area contributed by atoms with Gasteiger partial charge in [0, 0.05) is 30.4 Å². The van der Waals surface area contributed by atoms with E-state index >= 15 is 0 Å². The van der Waals surface area contributed by atoms with Gasteiger partial charge in [-0.15, -0.1) is 0 Å². The van der Waals surface area contributed by atoms with E-state index in [9.17, 15) is 0 Å². The van der Waals surface area contributed by atoms with Crippen molar-refractivity contribution in [3.05, 3.63) is 52.4 Å². The van der Waals surface area contributed by atoms with E-state index in [1.807, 2.05) is 26.1 Å². The predicted octanol–water partition coefficient (Wildman–Crippen LogP) is 2.84. The molecule has 3 aromatic rings. The van der Waals surface area contributed by atoms with Crippen molar-refractivity contribution in [2.75, 3.05) is 0 Å². The molecule has 5 heteroatoms. The van der Waals surface area contributed by atoms with Gasteiger partial charge in [-0.05, 0) is 24.4 Å². The molecular weight excluding hydrogens is 272 g/mol. The first-order valence-electron chi connectivity index (χ1n) is 6.57. The lowest BCUT2D eigenvalue weighted by Gasteiger charge is -2.09. The number of halogens is 1. The topological polar surface area (TPSA) is 48.8 Å². The minimum absolute atomic E-state index is 0.506. The van der Waals surface area contributed by atoms with Gasteiger partial charge >= 0.3 is 0 Å². The number of fused-ring (bicyclic) bond motifs is 1. The molecule has 0 fully saturated rings. The smallest absolute Gasteiger partial charge is 0.131 e. The van der Waals surface area contributed by atoms with E-state index in [2.05, 4.69) is 27.9 Å². The minimum Gasteiger partial charge on any atom is -0.339 e. The number of para-hydroxylation sites is 1. The summed E-state index contributed by atoms with van der Waals surface area (Å²) in [7, 11) is 1.86. The molecule has 0 aliphatic rings. The van der Waals surface area contributed by atoms with E-state index in [0.29, 0.717) is 18.2 Å². The maximum absolute atomic E-state index is 6.33. The molecule has 3 rings (SSSR count). The van der Waals surface area contributed by atoms with Gasteiger partial charge in [-0.3, -0.25) is 4.68 Å². The number of aryl methyl sites for hydroxylation is 2. The van der Waals surface area contributed by atoms with E-state index in [4.69, 9.17) is 17.3 Å². The van der Waals surface area contributed by atoms with Crippen molar-refractivity contribution in [3.8, 4) is 0 Å². The lowest BCUT2D eigenvalue weighted by Crippen LogP contribution is -2.08. The third kappa shape index (κ3) is 2.01. The lowest BCUT2D eigenvalue weighted by molar-refractivity contribution is 0.754. The third-order valence-electron chi connectivity index (χ3n) is 3.69. The summed E-state index contributed by atoms with van der Waals surface area (Å²) in [5.41, 5.74) is 10.2. The summed E-state index contributed by atoms with van der Waals surface area (Å²) < 4.78 is 3.92. The van der Waals surface area contributed by atoms with Gasteiger partial charge in [0.1, 0.15) is 5.15 Å². The second kappa shape index (κ2) is 4.96. The number of rotatable bonds is 3. The summed E-state index contributed by atoms with van der Waals surface area (Å²) in [5, 5.41) is 6.25. The van der Waals surface area contributed by atoms with E-state index < -0.39 is 0 Å². The fourth-order valence-electron chi connectivity index (χ4n) is 2.63. The van der Waals surface area contributed by atoms with Crippen LogP contribution in [0.3, 0.4) is 0 Å². The lowest BCUT2D eigenvalue weighted by atomic mass is 10.2. The van der Waals surface area contributed by atoms with Crippen molar-refractivity contribution in [2.24, 2.45) is 12.8 Å². The number of aromatic nitrogens is 3. The van der Waals surface area contributed by atoms with Crippen molar-refractivity contribution in [2.45, 2.75) is 20.0 Å². The summed E-state index contributed by atoms with van der Waals surface area (Å²) in [4.78, 5) is 0. The van der Waals surface area contributed by atoms with E-state index in [1.54, 1.807) is 4.68 Å². The normalized spacial score (nSPS) is 11.4. The van der Waals surface area contributed by atoms with Crippen LogP contribution in [0.25, 0.3) is 10.9 Å². The van der Waals surface area contributed by atoms with E-state index in [0.717, 1.165) is 17.0 Å². The Morgan fingerprint density at radius 1 is 1.30 bits per heavy atom. The molecule has 2 aromatic heterocycles. The first kappa shape index (κ1) is 13.2. The monoisotopic (exact) mass is 288 g/mol.